The molecule has 0 spiro atoms. The lowest BCUT2D eigenvalue weighted by atomic mass is 10.0. The van der Waals surface area contributed by atoms with E-state index in [4.69, 9.17) is 40.1 Å². The van der Waals surface area contributed by atoms with Crippen LogP contribution in [0.15, 0.2) is 0 Å². The molecule has 1 aliphatic rings. The maximum atomic E-state index is 9.10. The molecular formula is C10H21NO7. The summed E-state index contributed by atoms with van der Waals surface area (Å²) < 4.78 is 10.5. The van der Waals surface area contributed by atoms with E-state index in [0.29, 0.717) is 13.2 Å². The Bertz CT molecular complexity index is 268. The van der Waals surface area contributed by atoms with Crippen molar-refractivity contribution in [1.82, 2.24) is 0 Å². The van der Waals surface area contributed by atoms with Gasteiger partial charge in [0.15, 0.2) is 5.79 Å². The van der Waals surface area contributed by atoms with E-state index in [2.05, 4.69) is 0 Å². The molecule has 5 N–H and O–H groups in total. The number of rotatable bonds is 1. The van der Waals surface area contributed by atoms with Gasteiger partial charge in [0.1, 0.15) is 0 Å². The Kier molecular flexibility index (Phi) is 7.72. The van der Waals surface area contributed by atoms with Crippen molar-refractivity contribution in [3.8, 4) is 0 Å². The van der Waals surface area contributed by atoms with Crippen molar-refractivity contribution >= 4 is 11.9 Å². The number of aliphatic hydroxyl groups excluding tert-OH is 1. The minimum Gasteiger partial charge on any atom is -0.473 e. The average Bonchev–Trinajstić information content (AvgIpc) is 2.24. The van der Waals surface area contributed by atoms with Crippen molar-refractivity contribution in [3.63, 3.8) is 0 Å². The summed E-state index contributed by atoms with van der Waals surface area (Å²) in [7, 11) is 0. The van der Waals surface area contributed by atoms with Crippen LogP contribution in [0.3, 0.4) is 0 Å². The van der Waals surface area contributed by atoms with Gasteiger partial charge in [-0.1, -0.05) is 7.43 Å². The molecule has 0 aromatic heterocycles. The Labute approximate surface area is 105 Å². The van der Waals surface area contributed by atoms with Gasteiger partial charge in [-0.25, -0.2) is 9.59 Å². The molecular weight excluding hydrogens is 246 g/mol. The van der Waals surface area contributed by atoms with Crippen LogP contribution >= 0.6 is 0 Å². The first-order valence-electron chi connectivity index (χ1n) is 4.76. The molecule has 1 heterocycles. The van der Waals surface area contributed by atoms with Gasteiger partial charge in [-0.2, -0.15) is 0 Å². The van der Waals surface area contributed by atoms with Gasteiger partial charge in [-0.3, -0.25) is 0 Å². The summed E-state index contributed by atoms with van der Waals surface area (Å²) in [5.74, 6) is -4.21. The highest BCUT2D eigenvalue weighted by molar-refractivity contribution is 6.27. The second kappa shape index (κ2) is 7.27. The second-order valence-corrected chi connectivity index (χ2v) is 4.11. The zero-order valence-corrected chi connectivity index (χ0v) is 9.67. The molecule has 8 nitrogen and oxygen atoms in total. The smallest absolute Gasteiger partial charge is 0.414 e. The zero-order valence-electron chi connectivity index (χ0n) is 9.67. The summed E-state index contributed by atoms with van der Waals surface area (Å²) in [4.78, 5) is 18.2. The Morgan fingerprint density at radius 3 is 1.72 bits per heavy atom. The number of hydrogen-bond donors (Lipinski definition) is 4. The largest absolute Gasteiger partial charge is 0.473 e. The Morgan fingerprint density at radius 2 is 1.50 bits per heavy atom. The third-order valence-electron chi connectivity index (χ3n) is 1.91. The van der Waals surface area contributed by atoms with Crippen LogP contribution in [0.2, 0.25) is 0 Å². The van der Waals surface area contributed by atoms with Crippen molar-refractivity contribution in [2.45, 2.75) is 32.6 Å². The molecule has 18 heavy (non-hydrogen) atoms. The van der Waals surface area contributed by atoms with E-state index in [1.54, 1.807) is 0 Å². The van der Waals surface area contributed by atoms with Gasteiger partial charge in [-0.15, -0.1) is 0 Å². The number of nitrogens with two attached hydrogens (primary N) is 1. The van der Waals surface area contributed by atoms with Gasteiger partial charge in [0.2, 0.25) is 0 Å². The van der Waals surface area contributed by atoms with Gasteiger partial charge >= 0.3 is 11.9 Å². The molecule has 1 rings (SSSR count). The molecule has 0 aromatic carbocycles. The van der Waals surface area contributed by atoms with E-state index in [9.17, 15) is 0 Å². The van der Waals surface area contributed by atoms with Gasteiger partial charge in [0, 0.05) is 0 Å². The Balaban J connectivity index is 0. The molecule has 0 saturated carbocycles. The van der Waals surface area contributed by atoms with Crippen LogP contribution in [-0.4, -0.2) is 58.4 Å². The molecule has 108 valence electrons. The maximum Gasteiger partial charge on any atom is 0.414 e. The summed E-state index contributed by atoms with van der Waals surface area (Å²) >= 11 is 0. The number of aliphatic carboxylic acids is 2. The molecule has 8 heteroatoms. The summed E-state index contributed by atoms with van der Waals surface area (Å²) in [5.41, 5.74) is 4.97. The third-order valence-corrected chi connectivity index (χ3v) is 1.91. The number of carbonyl (C=O) groups is 2. The summed E-state index contributed by atoms with van der Waals surface area (Å²) in [6, 6.07) is 0. The molecule has 0 atom stereocenters. The average molecular weight is 267 g/mol. The first-order valence-corrected chi connectivity index (χ1v) is 4.76. The van der Waals surface area contributed by atoms with Crippen LogP contribution in [0.4, 0.5) is 0 Å². The van der Waals surface area contributed by atoms with Crippen LogP contribution in [0.5, 0.6) is 0 Å². The van der Waals surface area contributed by atoms with E-state index in [1.807, 2.05) is 13.8 Å². The topological polar surface area (TPSA) is 139 Å². The standard InChI is InChI=1S/C7H15NO3.C2H2O4.CH4/c1-6(2)10-4-7(8,3-9)5-11-6;3-1(4)2(5)6;/h9H,3-5,8H2,1-2H3;(H,3,4)(H,5,6);1H4. The van der Waals surface area contributed by atoms with E-state index < -0.39 is 23.3 Å². The lowest BCUT2D eigenvalue weighted by Crippen LogP contribution is -2.59. The third kappa shape index (κ3) is 7.17. The molecule has 0 amide bonds. The van der Waals surface area contributed by atoms with Gasteiger partial charge < -0.3 is 30.5 Å². The van der Waals surface area contributed by atoms with Crippen LogP contribution < -0.4 is 5.73 Å². The summed E-state index contributed by atoms with van der Waals surface area (Å²) in [6.45, 7) is 4.23. The first kappa shape index (κ1) is 19.1. The van der Waals surface area contributed by atoms with E-state index >= 15 is 0 Å². The fraction of sp³-hybridized carbons (Fsp3) is 0.800. The second-order valence-electron chi connectivity index (χ2n) is 4.11. The van der Waals surface area contributed by atoms with Gasteiger partial charge in [0.25, 0.3) is 0 Å². The highest BCUT2D eigenvalue weighted by Crippen LogP contribution is 2.21. The Hall–Kier alpha value is -1.22. The molecule has 1 aliphatic heterocycles. The van der Waals surface area contributed by atoms with Crippen molar-refractivity contribution < 1.29 is 34.4 Å². The predicted molar refractivity (Wildman–Crippen MR) is 62.0 cm³/mol. The molecule has 1 fully saturated rings. The molecule has 0 unspecified atom stereocenters. The maximum absolute atomic E-state index is 9.10. The van der Waals surface area contributed by atoms with Gasteiger partial charge in [0.05, 0.1) is 25.4 Å². The minimum atomic E-state index is -1.82. The predicted octanol–water partition coefficient (Wildman–Crippen LogP) is -0.749. The highest BCUT2D eigenvalue weighted by atomic mass is 16.7. The quantitative estimate of drug-likeness (QED) is 0.455. The SMILES string of the molecule is C.CC1(C)OCC(N)(CO)CO1.O=C(O)C(=O)O. The van der Waals surface area contributed by atoms with E-state index in [0.717, 1.165) is 0 Å². The number of aliphatic hydroxyl groups is 1. The molecule has 0 radical (unpaired) electrons. The van der Waals surface area contributed by atoms with E-state index in [1.165, 1.54) is 0 Å². The highest BCUT2D eigenvalue weighted by Gasteiger charge is 2.36. The number of ether oxygens (including phenoxy) is 2. The molecule has 0 aromatic rings. The Morgan fingerprint density at radius 1 is 1.17 bits per heavy atom. The lowest BCUT2D eigenvalue weighted by molar-refractivity contribution is -0.270. The summed E-state index contributed by atoms with van der Waals surface area (Å²) in [6.07, 6.45) is 0. The van der Waals surface area contributed by atoms with Crippen molar-refractivity contribution in [3.05, 3.63) is 0 Å². The number of carboxylic acids is 2. The minimum absolute atomic E-state index is 0. The number of carboxylic acid groups (broad SMARTS) is 2. The first-order chi connectivity index (χ1) is 7.62. The monoisotopic (exact) mass is 267 g/mol. The molecule has 1 saturated heterocycles. The fourth-order valence-electron chi connectivity index (χ4n) is 0.810. The van der Waals surface area contributed by atoms with Crippen LogP contribution in [0.1, 0.15) is 21.3 Å². The molecule has 0 aliphatic carbocycles. The number of hydrogen-bond acceptors (Lipinski definition) is 6. The van der Waals surface area contributed by atoms with Crippen molar-refractivity contribution in [1.29, 1.82) is 0 Å². The fourth-order valence-corrected chi connectivity index (χ4v) is 0.810. The molecule has 0 bridgehead atoms. The van der Waals surface area contributed by atoms with E-state index in [-0.39, 0.29) is 14.0 Å². The zero-order chi connectivity index (χ0) is 13.7. The normalized spacial score (nSPS) is 19.8. The summed E-state index contributed by atoms with van der Waals surface area (Å²) in [5, 5.41) is 23.6. The van der Waals surface area contributed by atoms with Crippen LogP contribution in [-0.2, 0) is 19.1 Å². The van der Waals surface area contributed by atoms with Crippen LogP contribution in [0, 0.1) is 0 Å². The lowest BCUT2D eigenvalue weighted by Gasteiger charge is -2.40. The van der Waals surface area contributed by atoms with Crippen LogP contribution in [0.25, 0.3) is 0 Å². The van der Waals surface area contributed by atoms with Crippen molar-refractivity contribution in [2.75, 3.05) is 19.8 Å². The van der Waals surface area contributed by atoms with Crippen molar-refractivity contribution in [2.24, 2.45) is 5.73 Å². The van der Waals surface area contributed by atoms with Gasteiger partial charge in [-0.05, 0) is 13.8 Å².